The van der Waals surface area contributed by atoms with Crippen molar-refractivity contribution in [2.24, 2.45) is 11.7 Å². The number of carbonyl (C=O) groups is 4. The van der Waals surface area contributed by atoms with E-state index in [1.807, 2.05) is 68.4 Å². The number of carbonyl (C=O) groups excluding carboxylic acids is 4. The van der Waals surface area contributed by atoms with Crippen molar-refractivity contribution in [1.82, 2.24) is 26.6 Å². The summed E-state index contributed by atoms with van der Waals surface area (Å²) in [5.41, 5.74) is 7.53. The molecule has 0 bridgehead atoms. The van der Waals surface area contributed by atoms with Crippen LogP contribution in [-0.2, 0) is 19.2 Å². The Morgan fingerprint density at radius 2 is 1.65 bits per heavy atom. The molecule has 2 heterocycles. The van der Waals surface area contributed by atoms with Crippen LogP contribution in [0.5, 0.6) is 0 Å². The van der Waals surface area contributed by atoms with Crippen LogP contribution in [0.25, 0.3) is 0 Å². The van der Waals surface area contributed by atoms with Gasteiger partial charge in [0, 0.05) is 6.04 Å². The van der Waals surface area contributed by atoms with E-state index in [4.69, 9.17) is 5.73 Å². The van der Waals surface area contributed by atoms with E-state index in [1.54, 1.807) is 0 Å². The molecule has 1 unspecified atom stereocenters. The van der Waals surface area contributed by atoms with Crippen molar-refractivity contribution < 1.29 is 24.3 Å². The Morgan fingerprint density at radius 1 is 0.930 bits per heavy atom. The van der Waals surface area contributed by atoms with E-state index in [2.05, 4.69) is 26.6 Å². The van der Waals surface area contributed by atoms with Crippen LogP contribution in [0.3, 0.4) is 0 Å². The Morgan fingerprint density at radius 3 is 2.33 bits per heavy atom. The van der Waals surface area contributed by atoms with Gasteiger partial charge in [0.05, 0.1) is 24.7 Å². The average molecular weight is 593 g/mol. The number of nitrogens with one attached hydrogen (secondary N) is 5. The van der Waals surface area contributed by atoms with Gasteiger partial charge in [0.25, 0.3) is 0 Å². The first-order chi connectivity index (χ1) is 20.6. The molecule has 0 aliphatic carbocycles. The fourth-order valence-electron chi connectivity index (χ4n) is 5.80. The number of benzene rings is 2. The first kappa shape index (κ1) is 32.1. The number of amides is 4. The van der Waals surface area contributed by atoms with Crippen LogP contribution in [0.15, 0.2) is 54.6 Å². The lowest BCUT2D eigenvalue weighted by molar-refractivity contribution is -0.131. The molecule has 43 heavy (non-hydrogen) atoms. The van der Waals surface area contributed by atoms with Crippen LogP contribution in [0.2, 0.25) is 0 Å². The lowest BCUT2D eigenvalue weighted by atomic mass is 9.93. The summed E-state index contributed by atoms with van der Waals surface area (Å²) in [5.74, 6) is -1.38. The number of aliphatic hydroxyl groups is 1. The highest BCUT2D eigenvalue weighted by Gasteiger charge is 2.34. The molecule has 4 amide bonds. The zero-order chi connectivity index (χ0) is 30.9. The Bertz CT molecular complexity index is 1270. The monoisotopic (exact) mass is 592 g/mol. The smallest absolute Gasteiger partial charge is 0.243 e. The SMILES string of the molecule is CC(C)C[C@H](NC(=O)[C@@H]1CCC(c2cccc([C@H](O)[C@@H](NC(=O)[C@@H]3CCCN3)c3ccccc3)c2)N1)C(=O)NCC(N)=O. The highest BCUT2D eigenvalue weighted by molar-refractivity contribution is 5.91. The van der Waals surface area contributed by atoms with E-state index in [1.165, 1.54) is 0 Å². The second-order valence-electron chi connectivity index (χ2n) is 11.9. The molecule has 11 nitrogen and oxygen atoms in total. The molecular formula is C32H44N6O5. The van der Waals surface area contributed by atoms with Gasteiger partial charge in [0.2, 0.25) is 23.6 Å². The molecule has 6 atom stereocenters. The van der Waals surface area contributed by atoms with Gasteiger partial charge in [-0.25, -0.2) is 0 Å². The maximum Gasteiger partial charge on any atom is 0.243 e. The topological polar surface area (TPSA) is 175 Å². The van der Waals surface area contributed by atoms with Crippen LogP contribution in [0, 0.1) is 5.92 Å². The summed E-state index contributed by atoms with van der Waals surface area (Å²) in [6, 6.07) is 14.7. The molecule has 0 spiro atoms. The minimum atomic E-state index is -0.996. The Labute approximate surface area is 252 Å². The molecule has 11 heteroatoms. The van der Waals surface area contributed by atoms with Gasteiger partial charge in [0.15, 0.2) is 0 Å². The van der Waals surface area contributed by atoms with Gasteiger partial charge in [-0.3, -0.25) is 24.5 Å². The third kappa shape index (κ3) is 8.85. The van der Waals surface area contributed by atoms with E-state index in [0.717, 1.165) is 30.5 Å². The van der Waals surface area contributed by atoms with E-state index in [9.17, 15) is 24.3 Å². The lowest BCUT2D eigenvalue weighted by Crippen LogP contribution is -2.52. The minimum Gasteiger partial charge on any atom is -0.386 e. The first-order valence-corrected chi connectivity index (χ1v) is 15.1. The Kier molecular flexibility index (Phi) is 11.3. The van der Waals surface area contributed by atoms with E-state index in [0.29, 0.717) is 24.8 Å². The third-order valence-corrected chi connectivity index (χ3v) is 8.04. The number of aliphatic hydroxyl groups excluding tert-OH is 1. The molecule has 2 aromatic rings. The lowest BCUT2D eigenvalue weighted by Gasteiger charge is -2.27. The molecule has 0 radical (unpaired) electrons. The molecule has 232 valence electrons. The van der Waals surface area contributed by atoms with Crippen molar-refractivity contribution in [3.05, 3.63) is 71.3 Å². The fraction of sp³-hybridized carbons (Fsp3) is 0.500. The molecule has 4 rings (SSSR count). The van der Waals surface area contributed by atoms with Gasteiger partial charge in [-0.1, -0.05) is 68.4 Å². The van der Waals surface area contributed by atoms with Crippen molar-refractivity contribution >= 4 is 23.6 Å². The second-order valence-corrected chi connectivity index (χ2v) is 11.9. The highest BCUT2D eigenvalue weighted by Crippen LogP contribution is 2.33. The highest BCUT2D eigenvalue weighted by atomic mass is 16.3. The second kappa shape index (κ2) is 15.1. The van der Waals surface area contributed by atoms with Crippen LogP contribution < -0.4 is 32.3 Å². The van der Waals surface area contributed by atoms with Crippen LogP contribution >= 0.6 is 0 Å². The molecule has 2 fully saturated rings. The predicted molar refractivity (Wildman–Crippen MR) is 162 cm³/mol. The quantitative estimate of drug-likeness (QED) is 0.183. The van der Waals surface area contributed by atoms with Crippen molar-refractivity contribution in [2.75, 3.05) is 13.1 Å². The molecule has 2 saturated heterocycles. The standard InChI is InChI=1S/C32H44N6O5/c1-19(2)16-26(30(41)35-18-27(33)39)37-32(43)25-14-13-23(36-25)21-10-6-11-22(17-21)29(40)28(20-8-4-3-5-9-20)38-31(42)24-12-7-15-34-24/h3-6,8-11,17,19,23-26,28-29,34,36,40H,7,12-16,18H2,1-2H3,(H2,33,39)(H,35,41)(H,37,43)(H,38,42)/t23?,24-,25-,26-,28-,29-/m0/s1. The van der Waals surface area contributed by atoms with Crippen molar-refractivity contribution in [3.8, 4) is 0 Å². The van der Waals surface area contributed by atoms with Crippen molar-refractivity contribution in [2.45, 2.75) is 82.3 Å². The van der Waals surface area contributed by atoms with Gasteiger partial charge < -0.3 is 32.1 Å². The van der Waals surface area contributed by atoms with Gasteiger partial charge in [-0.2, -0.15) is 0 Å². The maximum absolute atomic E-state index is 13.2. The summed E-state index contributed by atoms with van der Waals surface area (Å²) in [4.78, 5) is 49.9. The minimum absolute atomic E-state index is 0.132. The Hall–Kier alpha value is -3.80. The molecule has 0 saturated carbocycles. The fourth-order valence-corrected chi connectivity index (χ4v) is 5.80. The van der Waals surface area contributed by atoms with Gasteiger partial charge in [0.1, 0.15) is 12.1 Å². The Balaban J connectivity index is 1.43. The summed E-state index contributed by atoms with van der Waals surface area (Å²) in [6.45, 7) is 4.41. The summed E-state index contributed by atoms with van der Waals surface area (Å²) < 4.78 is 0. The number of hydrogen-bond acceptors (Lipinski definition) is 7. The van der Waals surface area contributed by atoms with Crippen LogP contribution in [0.1, 0.15) is 80.8 Å². The zero-order valence-corrected chi connectivity index (χ0v) is 24.8. The largest absolute Gasteiger partial charge is 0.386 e. The van der Waals surface area contributed by atoms with Crippen molar-refractivity contribution in [3.63, 3.8) is 0 Å². The summed E-state index contributed by atoms with van der Waals surface area (Å²) in [5, 5.41) is 26.5. The van der Waals surface area contributed by atoms with Crippen LogP contribution in [0.4, 0.5) is 0 Å². The van der Waals surface area contributed by atoms with Crippen LogP contribution in [-0.4, -0.2) is 60.0 Å². The molecular weight excluding hydrogens is 548 g/mol. The first-order valence-electron chi connectivity index (χ1n) is 15.1. The molecule has 2 aromatic carbocycles. The predicted octanol–water partition coefficient (Wildman–Crippen LogP) is 1.26. The third-order valence-electron chi connectivity index (χ3n) is 8.04. The maximum atomic E-state index is 13.2. The average Bonchev–Trinajstić information content (AvgIpc) is 3.72. The summed E-state index contributed by atoms with van der Waals surface area (Å²) in [7, 11) is 0. The summed E-state index contributed by atoms with van der Waals surface area (Å²) >= 11 is 0. The molecule has 2 aliphatic heterocycles. The van der Waals surface area contributed by atoms with Gasteiger partial charge in [-0.05, 0) is 61.3 Å². The van der Waals surface area contributed by atoms with E-state index >= 15 is 0 Å². The number of rotatable bonds is 13. The van der Waals surface area contributed by atoms with E-state index in [-0.39, 0.29) is 36.4 Å². The number of nitrogens with two attached hydrogens (primary N) is 1. The summed E-state index contributed by atoms with van der Waals surface area (Å²) in [6.07, 6.45) is 2.38. The number of primary amides is 1. The normalized spacial score (nSPS) is 22.0. The molecule has 8 N–H and O–H groups in total. The number of hydrogen-bond donors (Lipinski definition) is 7. The van der Waals surface area contributed by atoms with Gasteiger partial charge >= 0.3 is 0 Å². The van der Waals surface area contributed by atoms with Gasteiger partial charge in [-0.15, -0.1) is 0 Å². The van der Waals surface area contributed by atoms with Crippen molar-refractivity contribution in [1.29, 1.82) is 0 Å². The zero-order valence-electron chi connectivity index (χ0n) is 24.8. The molecule has 0 aromatic heterocycles. The van der Waals surface area contributed by atoms with E-state index < -0.39 is 36.0 Å². The molecule has 2 aliphatic rings.